The summed E-state index contributed by atoms with van der Waals surface area (Å²) in [6, 6.07) is 18.5. The molecule has 3 aromatic rings. The molecule has 0 unspecified atom stereocenters. The van der Waals surface area contributed by atoms with Gasteiger partial charge in [-0.3, -0.25) is 4.79 Å². The highest BCUT2D eigenvalue weighted by molar-refractivity contribution is 5.89. The topological polar surface area (TPSA) is 58.1 Å². The van der Waals surface area contributed by atoms with Crippen LogP contribution < -0.4 is 10.2 Å². The molecule has 1 aromatic heterocycles. The van der Waals surface area contributed by atoms with Crippen molar-refractivity contribution in [3.05, 3.63) is 78.1 Å². The zero-order chi connectivity index (χ0) is 20.8. The second kappa shape index (κ2) is 9.53. The predicted molar refractivity (Wildman–Crippen MR) is 121 cm³/mol. The maximum Gasteiger partial charge on any atom is 0.223 e. The van der Waals surface area contributed by atoms with Crippen LogP contribution in [0.1, 0.15) is 37.6 Å². The Morgan fingerprint density at radius 3 is 2.63 bits per heavy atom. The molecule has 1 aliphatic carbocycles. The SMILES string of the molecule is CCN(Cc1ccccc1)c1nc(CNC(=O)[C@@H]2CC=CCC2)nc2ccccc12. The lowest BCUT2D eigenvalue weighted by molar-refractivity contribution is -0.125. The highest BCUT2D eigenvalue weighted by Gasteiger charge is 2.19. The van der Waals surface area contributed by atoms with Gasteiger partial charge in [0.1, 0.15) is 5.82 Å². The summed E-state index contributed by atoms with van der Waals surface area (Å²) >= 11 is 0. The van der Waals surface area contributed by atoms with Crippen molar-refractivity contribution < 1.29 is 4.79 Å². The van der Waals surface area contributed by atoms with E-state index in [-0.39, 0.29) is 11.8 Å². The highest BCUT2D eigenvalue weighted by Crippen LogP contribution is 2.25. The van der Waals surface area contributed by atoms with E-state index in [2.05, 4.69) is 59.6 Å². The lowest BCUT2D eigenvalue weighted by atomic mass is 9.94. The Morgan fingerprint density at radius 1 is 1.07 bits per heavy atom. The fourth-order valence-electron chi connectivity index (χ4n) is 3.91. The number of anilines is 1. The second-order valence-electron chi connectivity index (χ2n) is 7.68. The molecule has 1 aliphatic rings. The number of benzene rings is 2. The Labute approximate surface area is 177 Å². The van der Waals surface area contributed by atoms with Crippen LogP contribution in [0.3, 0.4) is 0 Å². The lowest BCUT2D eigenvalue weighted by Gasteiger charge is -2.24. The van der Waals surface area contributed by atoms with Crippen LogP contribution in [0.15, 0.2) is 66.7 Å². The number of nitrogens with zero attached hydrogens (tertiary/aromatic N) is 3. The molecule has 0 saturated carbocycles. The number of hydrogen-bond acceptors (Lipinski definition) is 4. The first-order valence-electron chi connectivity index (χ1n) is 10.7. The van der Waals surface area contributed by atoms with E-state index in [1.807, 2.05) is 24.3 Å². The van der Waals surface area contributed by atoms with E-state index in [4.69, 9.17) is 9.97 Å². The molecule has 30 heavy (non-hydrogen) atoms. The molecule has 0 radical (unpaired) electrons. The van der Waals surface area contributed by atoms with Gasteiger partial charge in [-0.1, -0.05) is 54.6 Å². The van der Waals surface area contributed by atoms with E-state index in [1.54, 1.807) is 0 Å². The number of carbonyl (C=O) groups is 1. The third kappa shape index (κ3) is 4.67. The van der Waals surface area contributed by atoms with Crippen LogP contribution in [-0.4, -0.2) is 22.4 Å². The summed E-state index contributed by atoms with van der Waals surface area (Å²) in [7, 11) is 0. The number of amides is 1. The van der Waals surface area contributed by atoms with Crippen LogP contribution in [0.25, 0.3) is 10.9 Å². The Hall–Kier alpha value is -3.21. The fraction of sp³-hybridized carbons (Fsp3) is 0.320. The molecule has 1 heterocycles. The standard InChI is InChI=1S/C25H28N4O/c1-2-29(18-19-11-5-3-6-12-19)24-21-15-9-10-16-22(21)27-23(28-24)17-26-25(30)20-13-7-4-8-14-20/h3-7,9-12,15-16,20H,2,8,13-14,17-18H2,1H3,(H,26,30)/t20-/m1/s1. The summed E-state index contributed by atoms with van der Waals surface area (Å²) in [6.07, 6.45) is 6.94. The minimum Gasteiger partial charge on any atom is -0.352 e. The van der Waals surface area contributed by atoms with Gasteiger partial charge in [-0.15, -0.1) is 0 Å². The van der Waals surface area contributed by atoms with E-state index in [0.29, 0.717) is 12.4 Å². The average molecular weight is 401 g/mol. The van der Waals surface area contributed by atoms with Gasteiger partial charge < -0.3 is 10.2 Å². The Balaban J connectivity index is 1.58. The predicted octanol–water partition coefficient (Wildman–Crippen LogP) is 4.63. The first kappa shape index (κ1) is 20.1. The maximum absolute atomic E-state index is 12.5. The first-order chi connectivity index (χ1) is 14.7. The van der Waals surface area contributed by atoms with Gasteiger partial charge in [0, 0.05) is 24.4 Å². The Bertz CT molecular complexity index is 1030. The van der Waals surface area contributed by atoms with Crippen LogP contribution in [-0.2, 0) is 17.9 Å². The molecular formula is C25H28N4O. The largest absolute Gasteiger partial charge is 0.352 e. The highest BCUT2D eigenvalue weighted by atomic mass is 16.1. The smallest absolute Gasteiger partial charge is 0.223 e. The molecule has 154 valence electrons. The zero-order valence-electron chi connectivity index (χ0n) is 17.4. The van der Waals surface area contributed by atoms with Crippen molar-refractivity contribution in [2.75, 3.05) is 11.4 Å². The van der Waals surface area contributed by atoms with Gasteiger partial charge in [0.15, 0.2) is 5.82 Å². The third-order valence-electron chi connectivity index (χ3n) is 5.59. The monoisotopic (exact) mass is 400 g/mol. The number of nitrogens with one attached hydrogen (secondary N) is 1. The van der Waals surface area contributed by atoms with Crippen LogP contribution >= 0.6 is 0 Å². The average Bonchev–Trinajstić information content (AvgIpc) is 2.81. The Morgan fingerprint density at radius 2 is 1.87 bits per heavy atom. The van der Waals surface area contributed by atoms with Crippen LogP contribution in [0.5, 0.6) is 0 Å². The van der Waals surface area contributed by atoms with Crippen molar-refractivity contribution in [3.8, 4) is 0 Å². The van der Waals surface area contributed by atoms with E-state index in [9.17, 15) is 4.79 Å². The van der Waals surface area contributed by atoms with E-state index in [1.165, 1.54) is 5.56 Å². The molecule has 0 aliphatic heterocycles. The van der Waals surface area contributed by atoms with E-state index in [0.717, 1.165) is 49.1 Å². The summed E-state index contributed by atoms with van der Waals surface area (Å²) in [5, 5.41) is 4.08. The van der Waals surface area contributed by atoms with Gasteiger partial charge >= 0.3 is 0 Å². The molecule has 0 fully saturated rings. The van der Waals surface area contributed by atoms with Gasteiger partial charge in [0.05, 0.1) is 12.1 Å². The van der Waals surface area contributed by atoms with Crippen molar-refractivity contribution in [1.29, 1.82) is 0 Å². The summed E-state index contributed by atoms with van der Waals surface area (Å²) in [5.74, 6) is 1.71. The van der Waals surface area contributed by atoms with Crippen LogP contribution in [0.2, 0.25) is 0 Å². The zero-order valence-corrected chi connectivity index (χ0v) is 17.4. The van der Waals surface area contributed by atoms with Crippen LogP contribution in [0.4, 0.5) is 5.82 Å². The molecule has 5 nitrogen and oxygen atoms in total. The molecule has 1 amide bonds. The van der Waals surface area contributed by atoms with Gasteiger partial charge in [-0.2, -0.15) is 0 Å². The molecule has 0 bridgehead atoms. The second-order valence-corrected chi connectivity index (χ2v) is 7.68. The van der Waals surface area contributed by atoms with E-state index < -0.39 is 0 Å². The molecular weight excluding hydrogens is 372 g/mol. The number of aromatic nitrogens is 2. The van der Waals surface area contributed by atoms with Crippen molar-refractivity contribution in [1.82, 2.24) is 15.3 Å². The molecule has 1 atom stereocenters. The minimum absolute atomic E-state index is 0.0557. The summed E-state index contributed by atoms with van der Waals surface area (Å²) in [5.41, 5.74) is 2.14. The van der Waals surface area contributed by atoms with Gasteiger partial charge in [-0.05, 0) is 43.9 Å². The van der Waals surface area contributed by atoms with Crippen molar-refractivity contribution in [2.24, 2.45) is 5.92 Å². The quantitative estimate of drug-likeness (QED) is 0.588. The molecule has 0 saturated heterocycles. The molecule has 4 rings (SSSR count). The van der Waals surface area contributed by atoms with Gasteiger partial charge in [-0.25, -0.2) is 9.97 Å². The molecule has 1 N–H and O–H groups in total. The number of carbonyl (C=O) groups excluding carboxylic acids is 1. The third-order valence-corrected chi connectivity index (χ3v) is 5.59. The number of fused-ring (bicyclic) bond motifs is 1. The normalized spacial score (nSPS) is 15.8. The van der Waals surface area contributed by atoms with Crippen LogP contribution in [0, 0.1) is 5.92 Å². The van der Waals surface area contributed by atoms with Crippen molar-refractivity contribution in [2.45, 2.75) is 39.3 Å². The number of para-hydroxylation sites is 1. The molecule has 5 heteroatoms. The molecule has 2 aromatic carbocycles. The number of hydrogen-bond donors (Lipinski definition) is 1. The minimum atomic E-state index is 0.0557. The van der Waals surface area contributed by atoms with Crippen molar-refractivity contribution in [3.63, 3.8) is 0 Å². The lowest BCUT2D eigenvalue weighted by Crippen LogP contribution is -2.31. The number of allylic oxidation sites excluding steroid dienone is 2. The summed E-state index contributed by atoms with van der Waals surface area (Å²) < 4.78 is 0. The van der Waals surface area contributed by atoms with Crippen molar-refractivity contribution >= 4 is 22.6 Å². The molecule has 0 spiro atoms. The van der Waals surface area contributed by atoms with Gasteiger partial charge in [0.25, 0.3) is 0 Å². The first-order valence-corrected chi connectivity index (χ1v) is 10.7. The Kier molecular flexibility index (Phi) is 6.38. The number of rotatable bonds is 7. The summed E-state index contributed by atoms with van der Waals surface area (Å²) in [6.45, 7) is 4.09. The van der Waals surface area contributed by atoms with Gasteiger partial charge in [0.2, 0.25) is 5.91 Å². The van der Waals surface area contributed by atoms with E-state index >= 15 is 0 Å². The maximum atomic E-state index is 12.5. The summed E-state index contributed by atoms with van der Waals surface area (Å²) in [4.78, 5) is 24.4. The fourth-order valence-corrected chi connectivity index (χ4v) is 3.91.